The summed E-state index contributed by atoms with van der Waals surface area (Å²) in [4.78, 5) is 48.6. The zero-order valence-corrected chi connectivity index (χ0v) is 56.2. The Morgan fingerprint density at radius 1 is 0.238 bits per heavy atom. The summed E-state index contributed by atoms with van der Waals surface area (Å²) in [7, 11) is 0. The third kappa shape index (κ3) is 13.6. The third-order valence-electron chi connectivity index (χ3n) is 18.8. The van der Waals surface area contributed by atoms with E-state index in [9.17, 15) is 14.4 Å². The first-order valence-electron chi connectivity index (χ1n) is 33.7. The molecule has 9 nitrogen and oxygen atoms in total. The number of benzene rings is 15. The Labute approximate surface area is 587 Å². The van der Waals surface area contributed by atoms with Crippen LogP contribution in [0.3, 0.4) is 0 Å². The van der Waals surface area contributed by atoms with Gasteiger partial charge in [-0.1, -0.05) is 164 Å². The van der Waals surface area contributed by atoms with Crippen molar-refractivity contribution in [3.63, 3.8) is 0 Å². The minimum Gasteiger partial charge on any atom is -0.423 e. The van der Waals surface area contributed by atoms with Crippen LogP contribution in [0.2, 0.25) is 0 Å². The molecule has 0 fully saturated rings. The van der Waals surface area contributed by atoms with Crippen LogP contribution in [0, 0.1) is 20.8 Å². The van der Waals surface area contributed by atoms with E-state index in [2.05, 4.69) is 188 Å². The number of carbonyl (C=O) groups is 3. The number of nitrogens with zero attached hydrogens (tertiary/aromatic N) is 3. The lowest BCUT2D eigenvalue weighted by Gasteiger charge is -2.32. The number of aryl methyl sites for hydroxylation is 3. The van der Waals surface area contributed by atoms with Crippen LogP contribution >= 0.6 is 0 Å². The fraction of sp³-hybridized carbons (Fsp3) is 0.0543. The minimum absolute atomic E-state index is 0.362. The molecule has 0 amide bonds. The van der Waals surface area contributed by atoms with Gasteiger partial charge in [-0.3, -0.25) is 0 Å². The van der Waals surface area contributed by atoms with E-state index in [0.29, 0.717) is 33.9 Å². The molecule has 101 heavy (non-hydrogen) atoms. The number of ether oxygens (including phenoxy) is 3. The van der Waals surface area contributed by atoms with Gasteiger partial charge in [-0.05, 0) is 275 Å². The van der Waals surface area contributed by atoms with E-state index in [1.807, 2.05) is 127 Å². The smallest absolute Gasteiger partial charge is 0.343 e. The molecule has 15 rings (SSSR count). The largest absolute Gasteiger partial charge is 0.423 e. The SMILES string of the molecule is Cc1cccc(N(c2ccc(C(=O)Oc3ccc(C(C)(c4ccc(OC(=O)c5ccc(N(c6cccc(C)c6)c6ccc7ccccc7c6)cc5)cc4)c4ccc(OC(=O)c5ccc(N(c6cccc(C)c6)c6ccc7ccccc7c6)cc5)cc4)cc3)cc2)c2ccc3ccccc3c2)c1. The summed E-state index contributed by atoms with van der Waals surface area (Å²) in [6, 6.07) is 114. The molecule has 0 unspecified atom stereocenters. The number of anilines is 9. The van der Waals surface area contributed by atoms with E-state index < -0.39 is 23.3 Å². The monoisotopic (exact) mass is 1310 g/mol. The first kappa shape index (κ1) is 63.9. The molecule has 0 aliphatic heterocycles. The molecule has 0 aromatic heterocycles. The molecular weight excluding hydrogens is 1240 g/mol. The Balaban J connectivity index is 0.690. The maximum Gasteiger partial charge on any atom is 0.343 e. The minimum atomic E-state index is -0.855. The lowest BCUT2D eigenvalue weighted by Crippen LogP contribution is -2.25. The van der Waals surface area contributed by atoms with E-state index >= 15 is 0 Å². The lowest BCUT2D eigenvalue weighted by atomic mass is 9.71. The Morgan fingerprint density at radius 3 is 0.733 bits per heavy atom. The second-order valence-corrected chi connectivity index (χ2v) is 25.6. The van der Waals surface area contributed by atoms with Crippen molar-refractivity contribution < 1.29 is 28.6 Å². The summed E-state index contributed by atoms with van der Waals surface area (Å²) in [5.74, 6) is -0.420. The molecule has 0 saturated carbocycles. The first-order chi connectivity index (χ1) is 49.3. The number of hydrogen-bond acceptors (Lipinski definition) is 9. The maximum absolute atomic E-state index is 14.0. The van der Waals surface area contributed by atoms with Gasteiger partial charge in [0.2, 0.25) is 0 Å². The molecule has 0 aliphatic rings. The van der Waals surface area contributed by atoms with Crippen LogP contribution in [0.4, 0.5) is 51.2 Å². The van der Waals surface area contributed by atoms with Gasteiger partial charge >= 0.3 is 17.9 Å². The van der Waals surface area contributed by atoms with Crippen LogP contribution in [0.25, 0.3) is 32.3 Å². The number of carbonyl (C=O) groups excluding carboxylic acids is 3. The van der Waals surface area contributed by atoms with Gasteiger partial charge in [-0.15, -0.1) is 0 Å². The van der Waals surface area contributed by atoms with E-state index in [1.54, 1.807) is 72.8 Å². The maximum atomic E-state index is 14.0. The van der Waals surface area contributed by atoms with Gasteiger partial charge < -0.3 is 28.9 Å². The number of hydrogen-bond donors (Lipinski definition) is 0. The van der Waals surface area contributed by atoms with Crippen LogP contribution in [0.15, 0.2) is 346 Å². The Hall–Kier alpha value is -13.1. The fourth-order valence-electron chi connectivity index (χ4n) is 13.4. The van der Waals surface area contributed by atoms with Gasteiger partial charge in [-0.25, -0.2) is 14.4 Å². The highest BCUT2D eigenvalue weighted by Crippen LogP contribution is 2.44. The van der Waals surface area contributed by atoms with Crippen LogP contribution in [-0.4, -0.2) is 17.9 Å². The van der Waals surface area contributed by atoms with Gasteiger partial charge in [0.05, 0.1) is 16.7 Å². The van der Waals surface area contributed by atoms with Gasteiger partial charge in [-0.2, -0.15) is 0 Å². The Morgan fingerprint density at radius 2 is 0.475 bits per heavy atom. The average molecular weight is 1310 g/mol. The zero-order valence-electron chi connectivity index (χ0n) is 56.2. The van der Waals surface area contributed by atoms with Crippen LogP contribution < -0.4 is 28.9 Å². The molecule has 0 heterocycles. The third-order valence-corrected chi connectivity index (χ3v) is 18.8. The Bertz CT molecular complexity index is 5010. The van der Waals surface area contributed by atoms with Gasteiger partial charge in [0.25, 0.3) is 0 Å². The highest BCUT2D eigenvalue weighted by atomic mass is 16.5. The highest BCUT2D eigenvalue weighted by molar-refractivity contribution is 5.96. The molecule has 15 aromatic carbocycles. The van der Waals surface area contributed by atoms with Crippen LogP contribution in [0.1, 0.15) is 71.4 Å². The summed E-state index contributed by atoms with van der Waals surface area (Å²) in [6.07, 6.45) is 0. The van der Waals surface area contributed by atoms with Gasteiger partial charge in [0, 0.05) is 56.6 Å². The van der Waals surface area contributed by atoms with Crippen molar-refractivity contribution >= 4 is 101 Å². The topological polar surface area (TPSA) is 88.6 Å². The molecule has 9 heteroatoms. The van der Waals surface area contributed by atoms with E-state index in [0.717, 1.165) is 117 Å². The second kappa shape index (κ2) is 27.8. The molecule has 0 aliphatic carbocycles. The molecule has 0 radical (unpaired) electrons. The van der Waals surface area contributed by atoms with Crippen molar-refractivity contribution in [3.8, 4) is 17.2 Å². The summed E-state index contributed by atoms with van der Waals surface area (Å²) >= 11 is 0. The average Bonchev–Trinajstić information content (AvgIpc) is 0.759. The molecule has 0 atom stereocenters. The van der Waals surface area contributed by atoms with Crippen LogP contribution in [-0.2, 0) is 5.41 Å². The first-order valence-corrected chi connectivity index (χ1v) is 33.7. The fourth-order valence-corrected chi connectivity index (χ4v) is 13.4. The number of rotatable bonds is 18. The van der Waals surface area contributed by atoms with Gasteiger partial charge in [0.15, 0.2) is 0 Å². The number of fused-ring (bicyclic) bond motifs is 3. The lowest BCUT2D eigenvalue weighted by molar-refractivity contribution is 0.0725. The standard InChI is InChI=1S/C92H69N3O6/c1-62-14-11-23-80(56-62)93(83-47-26-65-17-5-8-20-71(65)59-83)77-41-29-68(30-42-77)89(96)99-86-50-35-74(36-51-86)92(4,75-37-52-87(53-38-75)100-90(97)69-31-43-78(44-32-69)94(81-24-12-15-63(2)57-81)84-48-27-66-18-6-9-21-72(66)60-84)76-39-54-88(55-40-76)101-91(98)70-33-45-79(46-34-70)95(82-25-13-16-64(3)58-82)85-49-28-67-19-7-10-22-73(67)61-85/h5-61H,1-4H3. The molecule has 0 spiro atoms. The van der Waals surface area contributed by atoms with E-state index in [-0.39, 0.29) is 0 Å². The normalized spacial score (nSPS) is 11.3. The molecule has 15 aromatic rings. The highest BCUT2D eigenvalue weighted by Gasteiger charge is 2.32. The van der Waals surface area contributed by atoms with Crippen molar-refractivity contribution in [2.45, 2.75) is 33.1 Å². The molecule has 0 bridgehead atoms. The molecule has 488 valence electrons. The summed E-state index contributed by atoms with van der Waals surface area (Å²) in [5, 5.41) is 6.82. The number of esters is 3. The quantitative estimate of drug-likeness (QED) is 0.0473. The summed E-state index contributed by atoms with van der Waals surface area (Å²) in [6.45, 7) is 8.34. The van der Waals surface area contributed by atoms with Crippen molar-refractivity contribution in [1.82, 2.24) is 0 Å². The zero-order chi connectivity index (χ0) is 69.0. The second-order valence-electron chi connectivity index (χ2n) is 25.6. The molecular formula is C92H69N3O6. The van der Waals surface area contributed by atoms with Crippen molar-refractivity contribution in [2.24, 2.45) is 0 Å². The molecule has 0 saturated heterocycles. The predicted octanol–water partition coefficient (Wildman–Crippen LogP) is 23.5. The van der Waals surface area contributed by atoms with Crippen LogP contribution in [0.5, 0.6) is 17.2 Å². The van der Waals surface area contributed by atoms with Crippen molar-refractivity contribution in [3.05, 3.63) is 396 Å². The van der Waals surface area contributed by atoms with E-state index in [1.165, 1.54) is 0 Å². The van der Waals surface area contributed by atoms with Crippen molar-refractivity contribution in [1.29, 1.82) is 0 Å². The van der Waals surface area contributed by atoms with Gasteiger partial charge in [0.1, 0.15) is 17.2 Å². The van der Waals surface area contributed by atoms with Crippen molar-refractivity contribution in [2.75, 3.05) is 14.7 Å². The molecule has 0 N–H and O–H groups in total. The summed E-state index contributed by atoms with van der Waals surface area (Å²) in [5.41, 5.74) is 14.9. The summed E-state index contributed by atoms with van der Waals surface area (Å²) < 4.78 is 18.3. The Kier molecular flexibility index (Phi) is 17.6. The van der Waals surface area contributed by atoms with E-state index in [4.69, 9.17) is 14.2 Å². The predicted molar refractivity (Wildman–Crippen MR) is 410 cm³/mol.